The first-order valence-electron chi connectivity index (χ1n) is 2.62. The van der Waals surface area contributed by atoms with Gasteiger partial charge in [-0.05, 0) is 13.0 Å². The molecule has 0 bridgehead atoms. The van der Waals surface area contributed by atoms with Crippen LogP contribution >= 0.6 is 11.6 Å². The lowest BCUT2D eigenvalue weighted by Crippen LogP contribution is -2.06. The molecule has 1 rings (SSSR count). The van der Waals surface area contributed by atoms with Crippen LogP contribution in [0.2, 0.25) is 0 Å². The summed E-state index contributed by atoms with van der Waals surface area (Å²) in [7, 11) is 0. The molecule has 1 aliphatic rings. The topological polar surface area (TPSA) is 12.4 Å². The molecule has 1 atom stereocenters. The van der Waals surface area contributed by atoms with E-state index in [1.54, 1.807) is 0 Å². The van der Waals surface area contributed by atoms with Gasteiger partial charge in [-0.25, -0.2) is 0 Å². The Morgan fingerprint density at radius 3 is 3.00 bits per heavy atom. The van der Waals surface area contributed by atoms with Gasteiger partial charge in [0.25, 0.3) is 0 Å². The summed E-state index contributed by atoms with van der Waals surface area (Å²) in [5.74, 6) is 0. The molecule has 0 amide bonds. The average molecular weight is 130 g/mol. The highest BCUT2D eigenvalue weighted by molar-refractivity contribution is 6.22. The number of halogens is 1. The van der Waals surface area contributed by atoms with Crippen molar-refractivity contribution in [3.05, 3.63) is 12.2 Å². The Labute approximate surface area is 54.1 Å². The molecule has 1 nitrogen and oxygen atoms in total. The predicted octanol–water partition coefficient (Wildman–Crippen LogP) is 1.62. The van der Waals surface area contributed by atoms with E-state index in [1.165, 1.54) is 0 Å². The minimum atomic E-state index is 0.124. The Kier molecular flexibility index (Phi) is 1.69. The molecular weight excluding hydrogens is 122 g/mol. The molecule has 0 aliphatic carbocycles. The number of rotatable bonds is 0. The standard InChI is InChI=1S/C6H8ClN/c1-5-2-3-6(7)4-8-5/h2-3,6H,4H2,1H3/t6-/m1/s1. The largest absolute Gasteiger partial charge is 0.288 e. The lowest BCUT2D eigenvalue weighted by atomic mass is 10.2. The van der Waals surface area contributed by atoms with Crippen LogP contribution in [0.3, 0.4) is 0 Å². The normalized spacial score (nSPS) is 27.8. The molecule has 0 saturated carbocycles. The van der Waals surface area contributed by atoms with Crippen LogP contribution in [0.5, 0.6) is 0 Å². The second kappa shape index (κ2) is 2.31. The van der Waals surface area contributed by atoms with Crippen molar-refractivity contribution in [2.75, 3.05) is 6.54 Å². The van der Waals surface area contributed by atoms with Crippen LogP contribution in [0.1, 0.15) is 6.92 Å². The summed E-state index contributed by atoms with van der Waals surface area (Å²) in [6.07, 6.45) is 3.91. The fraction of sp³-hybridized carbons (Fsp3) is 0.500. The number of aliphatic imine (C=N–C) groups is 1. The van der Waals surface area contributed by atoms with Crippen LogP contribution < -0.4 is 0 Å². The van der Waals surface area contributed by atoms with E-state index in [-0.39, 0.29) is 5.38 Å². The maximum atomic E-state index is 5.69. The van der Waals surface area contributed by atoms with Crippen molar-refractivity contribution in [2.45, 2.75) is 12.3 Å². The molecular formula is C6H8ClN. The summed E-state index contributed by atoms with van der Waals surface area (Å²) in [5.41, 5.74) is 1.07. The van der Waals surface area contributed by atoms with Gasteiger partial charge < -0.3 is 0 Å². The minimum Gasteiger partial charge on any atom is -0.288 e. The molecule has 0 unspecified atom stereocenters. The van der Waals surface area contributed by atoms with Crippen LogP contribution in [0.4, 0.5) is 0 Å². The van der Waals surface area contributed by atoms with E-state index >= 15 is 0 Å². The molecule has 1 heterocycles. The summed E-state index contributed by atoms with van der Waals surface area (Å²) in [6, 6.07) is 0. The molecule has 8 heavy (non-hydrogen) atoms. The van der Waals surface area contributed by atoms with Crippen LogP contribution in [0.15, 0.2) is 17.1 Å². The second-order valence-corrected chi connectivity index (χ2v) is 2.42. The van der Waals surface area contributed by atoms with E-state index < -0.39 is 0 Å². The molecule has 44 valence electrons. The SMILES string of the molecule is CC1=NC[C@H](Cl)C=C1. The monoisotopic (exact) mass is 129 g/mol. The molecule has 0 spiro atoms. The molecule has 0 saturated heterocycles. The summed E-state index contributed by atoms with van der Waals surface area (Å²) in [4.78, 5) is 4.11. The first kappa shape index (κ1) is 5.83. The van der Waals surface area contributed by atoms with Crippen molar-refractivity contribution >= 4 is 17.3 Å². The minimum absolute atomic E-state index is 0.124. The molecule has 2 heteroatoms. The Hall–Kier alpha value is -0.300. The van der Waals surface area contributed by atoms with Gasteiger partial charge in [0, 0.05) is 5.71 Å². The van der Waals surface area contributed by atoms with Crippen molar-refractivity contribution in [1.29, 1.82) is 0 Å². The van der Waals surface area contributed by atoms with Crippen LogP contribution in [-0.4, -0.2) is 17.6 Å². The molecule has 0 aromatic heterocycles. The van der Waals surface area contributed by atoms with Gasteiger partial charge in [-0.1, -0.05) is 6.08 Å². The van der Waals surface area contributed by atoms with E-state index in [0.29, 0.717) is 0 Å². The van der Waals surface area contributed by atoms with E-state index in [0.717, 1.165) is 12.3 Å². The molecule has 1 aliphatic heterocycles. The van der Waals surface area contributed by atoms with Gasteiger partial charge in [-0.3, -0.25) is 4.99 Å². The Balaban J connectivity index is 2.58. The van der Waals surface area contributed by atoms with E-state index in [2.05, 4.69) is 4.99 Å². The summed E-state index contributed by atoms with van der Waals surface area (Å²) < 4.78 is 0. The van der Waals surface area contributed by atoms with Gasteiger partial charge in [-0.2, -0.15) is 0 Å². The van der Waals surface area contributed by atoms with Gasteiger partial charge in [0.2, 0.25) is 0 Å². The maximum absolute atomic E-state index is 5.69. The molecule has 0 aromatic rings. The third-order valence-corrected chi connectivity index (χ3v) is 1.34. The molecule has 0 N–H and O–H groups in total. The Bertz CT molecular complexity index is 137. The highest BCUT2D eigenvalue weighted by Crippen LogP contribution is 2.03. The zero-order valence-electron chi connectivity index (χ0n) is 4.76. The van der Waals surface area contributed by atoms with E-state index in [9.17, 15) is 0 Å². The average Bonchev–Trinajstić information content (AvgIpc) is 1.77. The number of alkyl halides is 1. The quantitative estimate of drug-likeness (QED) is 0.441. The van der Waals surface area contributed by atoms with Crippen LogP contribution in [0.25, 0.3) is 0 Å². The lowest BCUT2D eigenvalue weighted by molar-refractivity contribution is 0.999. The van der Waals surface area contributed by atoms with Crippen molar-refractivity contribution < 1.29 is 0 Å². The summed E-state index contributed by atoms with van der Waals surface area (Å²) >= 11 is 5.69. The van der Waals surface area contributed by atoms with Crippen molar-refractivity contribution in [3.8, 4) is 0 Å². The van der Waals surface area contributed by atoms with Crippen molar-refractivity contribution in [3.63, 3.8) is 0 Å². The van der Waals surface area contributed by atoms with Crippen LogP contribution in [0, 0.1) is 0 Å². The van der Waals surface area contributed by atoms with Crippen molar-refractivity contribution in [1.82, 2.24) is 0 Å². The van der Waals surface area contributed by atoms with Gasteiger partial charge >= 0.3 is 0 Å². The summed E-state index contributed by atoms with van der Waals surface area (Å²) in [5, 5.41) is 0.124. The van der Waals surface area contributed by atoms with E-state index in [4.69, 9.17) is 11.6 Å². The van der Waals surface area contributed by atoms with Gasteiger partial charge in [-0.15, -0.1) is 11.6 Å². The van der Waals surface area contributed by atoms with Crippen molar-refractivity contribution in [2.24, 2.45) is 4.99 Å². The molecule has 0 radical (unpaired) electrons. The Morgan fingerprint density at radius 1 is 1.88 bits per heavy atom. The zero-order chi connectivity index (χ0) is 5.98. The smallest absolute Gasteiger partial charge is 0.0715 e. The highest BCUT2D eigenvalue weighted by atomic mass is 35.5. The fourth-order valence-corrected chi connectivity index (χ4v) is 0.730. The third-order valence-electron chi connectivity index (χ3n) is 1.06. The second-order valence-electron chi connectivity index (χ2n) is 1.86. The van der Waals surface area contributed by atoms with Crippen LogP contribution in [-0.2, 0) is 0 Å². The predicted molar refractivity (Wildman–Crippen MR) is 36.8 cm³/mol. The van der Waals surface area contributed by atoms with Gasteiger partial charge in [0.1, 0.15) is 0 Å². The number of nitrogens with zero attached hydrogens (tertiary/aromatic N) is 1. The number of dihydropyridines is 1. The van der Waals surface area contributed by atoms with Gasteiger partial charge in [0.05, 0.1) is 11.9 Å². The Morgan fingerprint density at radius 2 is 2.62 bits per heavy atom. The molecule has 0 fully saturated rings. The number of hydrogen-bond acceptors (Lipinski definition) is 1. The number of hydrogen-bond donors (Lipinski definition) is 0. The maximum Gasteiger partial charge on any atom is 0.0715 e. The molecule has 0 aromatic carbocycles. The van der Waals surface area contributed by atoms with Gasteiger partial charge in [0.15, 0.2) is 0 Å². The first-order valence-corrected chi connectivity index (χ1v) is 3.06. The highest BCUT2D eigenvalue weighted by Gasteiger charge is 2.01. The number of allylic oxidation sites excluding steroid dienone is 1. The van der Waals surface area contributed by atoms with E-state index in [1.807, 2.05) is 19.1 Å². The zero-order valence-corrected chi connectivity index (χ0v) is 5.52. The first-order chi connectivity index (χ1) is 3.79. The summed E-state index contributed by atoms with van der Waals surface area (Å²) in [6.45, 7) is 2.71. The lowest BCUT2D eigenvalue weighted by Gasteiger charge is -2.04. The third kappa shape index (κ3) is 1.34. The fourth-order valence-electron chi connectivity index (χ4n) is 0.588.